The molecule has 2 atom stereocenters. The number of hydrogen-bond acceptors (Lipinski definition) is 11. The number of para-hydroxylation sites is 2. The van der Waals surface area contributed by atoms with Gasteiger partial charge in [-0.05, 0) is 68.5 Å². The van der Waals surface area contributed by atoms with Crippen LogP contribution in [0.25, 0.3) is 22.4 Å². The van der Waals surface area contributed by atoms with Gasteiger partial charge in [-0.2, -0.15) is 5.10 Å². The Labute approximate surface area is 272 Å². The SMILES string of the molecule is CN1c2c(CCCN3CCC(n4cc(-c5cc(-c6ccccc6O)nnc5N)cn4)CC3)cccc2N(C2CCC(=O)NC2=O)C1O. The van der Waals surface area contributed by atoms with Crippen LogP contribution in [0.2, 0.25) is 0 Å². The summed E-state index contributed by atoms with van der Waals surface area (Å²) in [4.78, 5) is 30.4. The summed E-state index contributed by atoms with van der Waals surface area (Å²) in [6.07, 6.45) is 7.25. The van der Waals surface area contributed by atoms with E-state index < -0.39 is 12.4 Å². The van der Waals surface area contributed by atoms with Crippen molar-refractivity contribution in [2.45, 2.75) is 57.0 Å². The second kappa shape index (κ2) is 12.6. The van der Waals surface area contributed by atoms with Crippen molar-refractivity contribution < 1.29 is 19.8 Å². The van der Waals surface area contributed by atoms with Gasteiger partial charge in [0.15, 0.2) is 5.82 Å². The second-order valence-electron chi connectivity index (χ2n) is 12.5. The third-order valence-corrected chi connectivity index (χ3v) is 9.64. The molecule has 244 valence electrons. The number of amides is 2. The lowest BCUT2D eigenvalue weighted by molar-refractivity contribution is -0.134. The second-order valence-corrected chi connectivity index (χ2v) is 12.5. The monoisotopic (exact) mass is 637 g/mol. The Morgan fingerprint density at radius 2 is 1.83 bits per heavy atom. The first kappa shape index (κ1) is 30.6. The molecule has 2 fully saturated rings. The summed E-state index contributed by atoms with van der Waals surface area (Å²) in [6.45, 7) is 2.88. The number of nitrogen functional groups attached to an aromatic ring is 1. The van der Waals surface area contributed by atoms with Gasteiger partial charge in [-0.1, -0.05) is 24.3 Å². The molecule has 2 saturated heterocycles. The molecule has 4 aromatic rings. The van der Waals surface area contributed by atoms with Crippen molar-refractivity contribution in [3.63, 3.8) is 0 Å². The van der Waals surface area contributed by atoms with E-state index in [1.165, 1.54) is 0 Å². The van der Waals surface area contributed by atoms with Crippen LogP contribution >= 0.6 is 0 Å². The van der Waals surface area contributed by atoms with Crippen LogP contribution in [0.15, 0.2) is 60.9 Å². The number of rotatable bonds is 8. The van der Waals surface area contributed by atoms with Gasteiger partial charge in [0.05, 0.1) is 29.3 Å². The molecule has 0 aliphatic carbocycles. The van der Waals surface area contributed by atoms with Gasteiger partial charge in [0.2, 0.25) is 18.2 Å². The van der Waals surface area contributed by atoms with Crippen LogP contribution in [0.5, 0.6) is 5.75 Å². The van der Waals surface area contributed by atoms with Crippen molar-refractivity contribution in [1.82, 2.24) is 30.2 Å². The van der Waals surface area contributed by atoms with Gasteiger partial charge in [-0.15, -0.1) is 10.2 Å². The lowest BCUT2D eigenvalue weighted by Crippen LogP contribution is -2.56. The zero-order chi connectivity index (χ0) is 32.7. The number of piperidine rings is 2. The van der Waals surface area contributed by atoms with Crippen molar-refractivity contribution in [2.75, 3.05) is 42.2 Å². The maximum Gasteiger partial charge on any atom is 0.249 e. The van der Waals surface area contributed by atoms with Gasteiger partial charge < -0.3 is 30.6 Å². The fraction of sp³-hybridized carbons (Fsp3) is 0.382. The Morgan fingerprint density at radius 1 is 1.02 bits per heavy atom. The number of anilines is 3. The molecular weight excluding hydrogens is 598 g/mol. The number of aromatic hydroxyl groups is 1. The van der Waals surface area contributed by atoms with E-state index in [1.54, 1.807) is 23.1 Å². The van der Waals surface area contributed by atoms with Crippen molar-refractivity contribution in [3.8, 4) is 28.1 Å². The third-order valence-electron chi connectivity index (χ3n) is 9.64. The number of phenolic OH excluding ortho intramolecular Hbond substituents is 1. The molecule has 2 aromatic heterocycles. The molecule has 5 N–H and O–H groups in total. The first-order valence-electron chi connectivity index (χ1n) is 16.1. The number of aliphatic hydroxyl groups excluding tert-OH is 1. The average molecular weight is 638 g/mol. The molecule has 0 spiro atoms. The predicted octanol–water partition coefficient (Wildman–Crippen LogP) is 2.90. The van der Waals surface area contributed by atoms with Gasteiger partial charge in [0.1, 0.15) is 11.8 Å². The Morgan fingerprint density at radius 3 is 2.62 bits per heavy atom. The number of aliphatic hydroxyl groups is 1. The van der Waals surface area contributed by atoms with E-state index in [4.69, 9.17) is 5.73 Å². The molecule has 0 bridgehead atoms. The molecule has 7 rings (SSSR count). The smallest absolute Gasteiger partial charge is 0.249 e. The van der Waals surface area contributed by atoms with Crippen LogP contribution in [-0.4, -0.2) is 86.0 Å². The standard InChI is InChI=1S/C34H39N9O4/c1-40-31-21(6-4-9-27(31)43(34(40)47)28-11-12-30(45)37-33(28)46)7-5-15-41-16-13-23(14-17-41)42-20-22(19-36-42)25-18-26(38-39-32(25)35)24-8-2-3-10-29(24)44/h2-4,6,8-10,18-20,23,28,34,44,47H,5,7,11-17H2,1H3,(H2,35,39)(H,37,45,46). The summed E-state index contributed by atoms with van der Waals surface area (Å²) in [5.41, 5.74) is 11.8. The van der Waals surface area contributed by atoms with E-state index in [1.807, 2.05) is 53.3 Å². The number of hydrogen-bond donors (Lipinski definition) is 4. The molecular formula is C34H39N9O4. The Bertz CT molecular complexity index is 1800. The lowest BCUT2D eigenvalue weighted by atomic mass is 10.0. The highest BCUT2D eigenvalue weighted by molar-refractivity contribution is 6.02. The Balaban J connectivity index is 0.955. The van der Waals surface area contributed by atoms with Gasteiger partial charge in [0.25, 0.3) is 0 Å². The number of phenols is 1. The number of benzene rings is 2. The van der Waals surface area contributed by atoms with Crippen LogP contribution in [0.1, 0.15) is 43.7 Å². The number of carbonyl (C=O) groups excluding carboxylic acids is 2. The molecule has 5 heterocycles. The minimum absolute atomic E-state index is 0.134. The topological polar surface area (TPSA) is 166 Å². The highest BCUT2D eigenvalue weighted by atomic mass is 16.3. The first-order chi connectivity index (χ1) is 22.8. The maximum atomic E-state index is 12.6. The summed E-state index contributed by atoms with van der Waals surface area (Å²) in [5, 5.41) is 36.8. The molecule has 2 aromatic carbocycles. The number of carbonyl (C=O) groups is 2. The van der Waals surface area contributed by atoms with Gasteiger partial charge in [-0.25, -0.2) is 0 Å². The molecule has 2 amide bonds. The van der Waals surface area contributed by atoms with Crippen molar-refractivity contribution in [3.05, 3.63) is 66.5 Å². The molecule has 2 unspecified atom stereocenters. The zero-order valence-corrected chi connectivity index (χ0v) is 26.3. The number of nitrogens with zero attached hydrogens (tertiary/aromatic N) is 7. The third kappa shape index (κ3) is 5.87. The van der Waals surface area contributed by atoms with Crippen LogP contribution in [0.3, 0.4) is 0 Å². The highest BCUT2D eigenvalue weighted by Gasteiger charge is 2.42. The van der Waals surface area contributed by atoms with E-state index in [0.717, 1.165) is 73.4 Å². The van der Waals surface area contributed by atoms with Gasteiger partial charge in [-0.3, -0.25) is 19.6 Å². The predicted molar refractivity (Wildman–Crippen MR) is 177 cm³/mol. The van der Waals surface area contributed by atoms with Gasteiger partial charge in [0, 0.05) is 49.4 Å². The number of aryl methyl sites for hydroxylation is 1. The fourth-order valence-corrected chi connectivity index (χ4v) is 7.13. The minimum Gasteiger partial charge on any atom is -0.507 e. The Hall–Kier alpha value is -5.01. The molecule has 0 saturated carbocycles. The van der Waals surface area contributed by atoms with E-state index in [-0.39, 0.29) is 30.0 Å². The van der Waals surface area contributed by atoms with E-state index in [0.29, 0.717) is 23.5 Å². The van der Waals surface area contributed by atoms with Gasteiger partial charge >= 0.3 is 0 Å². The largest absolute Gasteiger partial charge is 0.507 e. The molecule has 13 heteroatoms. The molecule has 0 radical (unpaired) electrons. The van der Waals surface area contributed by atoms with Crippen LogP contribution in [0, 0.1) is 0 Å². The number of nitrogens with two attached hydrogens (primary N) is 1. The van der Waals surface area contributed by atoms with Crippen LogP contribution in [-0.2, 0) is 16.0 Å². The Kier molecular flexibility index (Phi) is 8.24. The number of likely N-dealkylation sites (tertiary alicyclic amines) is 1. The van der Waals surface area contributed by atoms with Crippen molar-refractivity contribution >= 4 is 29.0 Å². The highest BCUT2D eigenvalue weighted by Crippen LogP contribution is 2.43. The number of fused-ring (bicyclic) bond motifs is 1. The van der Waals surface area contributed by atoms with Crippen LogP contribution in [0.4, 0.5) is 17.2 Å². The molecule has 3 aliphatic rings. The molecule has 47 heavy (non-hydrogen) atoms. The first-order valence-corrected chi connectivity index (χ1v) is 16.1. The summed E-state index contributed by atoms with van der Waals surface area (Å²) < 4.78 is 2.02. The normalized spacial score (nSPS) is 20.5. The quantitative estimate of drug-likeness (QED) is 0.210. The summed E-state index contributed by atoms with van der Waals surface area (Å²) in [5.74, 6) is -0.186. The number of nitrogens with one attached hydrogen (secondary N) is 1. The minimum atomic E-state index is -0.970. The summed E-state index contributed by atoms with van der Waals surface area (Å²) in [7, 11) is 1.84. The van der Waals surface area contributed by atoms with E-state index >= 15 is 0 Å². The maximum absolute atomic E-state index is 12.6. The van der Waals surface area contributed by atoms with Crippen LogP contribution < -0.4 is 20.9 Å². The number of imide groups is 1. The average Bonchev–Trinajstić information content (AvgIpc) is 3.66. The fourth-order valence-electron chi connectivity index (χ4n) is 7.13. The van der Waals surface area contributed by atoms with Crippen molar-refractivity contribution in [2.24, 2.45) is 0 Å². The van der Waals surface area contributed by atoms with E-state index in [2.05, 4.69) is 31.6 Å². The summed E-state index contributed by atoms with van der Waals surface area (Å²) in [6, 6.07) is 14.6. The number of aromatic nitrogens is 4. The van der Waals surface area contributed by atoms with Crippen molar-refractivity contribution in [1.29, 1.82) is 0 Å². The molecule has 3 aliphatic heterocycles. The summed E-state index contributed by atoms with van der Waals surface area (Å²) >= 11 is 0. The zero-order valence-electron chi connectivity index (χ0n) is 26.3. The van der Waals surface area contributed by atoms with E-state index in [9.17, 15) is 19.8 Å². The lowest BCUT2D eigenvalue weighted by Gasteiger charge is -2.34. The molecule has 13 nitrogen and oxygen atoms in total.